The summed E-state index contributed by atoms with van der Waals surface area (Å²) in [5.41, 5.74) is 0. The van der Waals surface area contributed by atoms with Crippen LogP contribution in [0.1, 0.15) is 19.8 Å². The molecule has 1 aromatic heterocycles. The van der Waals surface area contributed by atoms with Crippen molar-refractivity contribution in [2.24, 2.45) is 0 Å². The zero-order valence-electron chi connectivity index (χ0n) is 11.4. The van der Waals surface area contributed by atoms with E-state index in [9.17, 15) is 4.79 Å². The van der Waals surface area contributed by atoms with Gasteiger partial charge in [-0.05, 0) is 13.3 Å². The Morgan fingerprint density at radius 3 is 2.63 bits per heavy atom. The molecule has 1 aromatic rings. The van der Waals surface area contributed by atoms with Gasteiger partial charge < -0.3 is 20.1 Å². The monoisotopic (exact) mass is 269 g/mol. The van der Waals surface area contributed by atoms with E-state index >= 15 is 0 Å². The molecular formula is C11H19N5O3. The molecule has 1 rings (SSSR count). The van der Waals surface area contributed by atoms with E-state index in [1.165, 1.54) is 7.11 Å². The van der Waals surface area contributed by atoms with Crippen molar-refractivity contribution in [1.29, 1.82) is 0 Å². The molecule has 8 heteroatoms. The van der Waals surface area contributed by atoms with Gasteiger partial charge >= 0.3 is 12.0 Å². The van der Waals surface area contributed by atoms with E-state index in [1.54, 1.807) is 14.0 Å². The topological polar surface area (TPSA) is 98.3 Å². The summed E-state index contributed by atoms with van der Waals surface area (Å²) in [4.78, 5) is 23.3. The lowest BCUT2D eigenvalue weighted by atomic mass is 10.3. The second-order valence-electron chi connectivity index (χ2n) is 3.55. The van der Waals surface area contributed by atoms with Gasteiger partial charge in [0.2, 0.25) is 11.9 Å². The zero-order valence-corrected chi connectivity index (χ0v) is 11.4. The fourth-order valence-electron chi connectivity index (χ4n) is 1.30. The lowest BCUT2D eigenvalue weighted by Gasteiger charge is -2.07. The maximum Gasteiger partial charge on any atom is 0.322 e. The molecule has 0 saturated heterocycles. The molecule has 0 aliphatic rings. The molecule has 0 bridgehead atoms. The quantitative estimate of drug-likeness (QED) is 0.525. The SMILES string of the molecule is CCOC(=O)CCCNc1nc(NC)nc(OC)n1. The van der Waals surface area contributed by atoms with Gasteiger partial charge in [-0.2, -0.15) is 15.0 Å². The normalized spacial score (nSPS) is 9.84. The molecule has 0 atom stereocenters. The van der Waals surface area contributed by atoms with Crippen molar-refractivity contribution in [3.63, 3.8) is 0 Å². The first-order valence-corrected chi connectivity index (χ1v) is 6.07. The van der Waals surface area contributed by atoms with Crippen molar-refractivity contribution in [3.8, 4) is 6.01 Å². The Balaban J connectivity index is 2.42. The van der Waals surface area contributed by atoms with Gasteiger partial charge in [0.1, 0.15) is 0 Å². The van der Waals surface area contributed by atoms with Crippen LogP contribution in [0.3, 0.4) is 0 Å². The fraction of sp³-hybridized carbons (Fsp3) is 0.636. The zero-order chi connectivity index (χ0) is 14.1. The molecule has 0 radical (unpaired) electrons. The summed E-state index contributed by atoms with van der Waals surface area (Å²) < 4.78 is 9.79. The van der Waals surface area contributed by atoms with Crippen LogP contribution in [-0.2, 0) is 9.53 Å². The molecule has 0 amide bonds. The Hall–Kier alpha value is -2.12. The molecular weight excluding hydrogens is 250 g/mol. The number of carbonyl (C=O) groups is 1. The molecule has 0 unspecified atom stereocenters. The molecule has 8 nitrogen and oxygen atoms in total. The third-order valence-electron chi connectivity index (χ3n) is 2.17. The first-order valence-electron chi connectivity index (χ1n) is 6.07. The van der Waals surface area contributed by atoms with Crippen molar-refractivity contribution >= 4 is 17.9 Å². The molecule has 1 heterocycles. The van der Waals surface area contributed by atoms with Crippen LogP contribution >= 0.6 is 0 Å². The van der Waals surface area contributed by atoms with Gasteiger partial charge in [0, 0.05) is 20.0 Å². The highest BCUT2D eigenvalue weighted by molar-refractivity contribution is 5.69. The predicted molar refractivity (Wildman–Crippen MR) is 70.3 cm³/mol. The highest BCUT2D eigenvalue weighted by Gasteiger charge is 2.06. The highest BCUT2D eigenvalue weighted by atomic mass is 16.5. The summed E-state index contributed by atoms with van der Waals surface area (Å²) >= 11 is 0. The largest absolute Gasteiger partial charge is 0.467 e. The number of aromatic nitrogens is 3. The van der Waals surface area contributed by atoms with Gasteiger partial charge in [-0.3, -0.25) is 4.79 Å². The van der Waals surface area contributed by atoms with E-state index in [0.29, 0.717) is 37.9 Å². The van der Waals surface area contributed by atoms with Gasteiger partial charge in [0.25, 0.3) is 0 Å². The third kappa shape index (κ3) is 5.36. The summed E-state index contributed by atoms with van der Waals surface area (Å²) in [5, 5.41) is 5.81. The number of ether oxygens (including phenoxy) is 2. The van der Waals surface area contributed by atoms with Crippen LogP contribution in [0.4, 0.5) is 11.9 Å². The number of nitrogens with one attached hydrogen (secondary N) is 2. The van der Waals surface area contributed by atoms with Crippen molar-refractivity contribution in [2.45, 2.75) is 19.8 Å². The molecule has 0 fully saturated rings. The van der Waals surface area contributed by atoms with Crippen LogP contribution in [0, 0.1) is 0 Å². The van der Waals surface area contributed by atoms with Gasteiger partial charge in [-0.15, -0.1) is 0 Å². The van der Waals surface area contributed by atoms with Crippen molar-refractivity contribution in [2.75, 3.05) is 37.9 Å². The number of methoxy groups -OCH3 is 1. The average molecular weight is 269 g/mol. The van der Waals surface area contributed by atoms with Crippen molar-refractivity contribution in [1.82, 2.24) is 15.0 Å². The molecule has 0 aliphatic carbocycles. The maximum absolute atomic E-state index is 11.1. The molecule has 19 heavy (non-hydrogen) atoms. The Labute approximate surface area is 111 Å². The van der Waals surface area contributed by atoms with Crippen LogP contribution in [0.15, 0.2) is 0 Å². The van der Waals surface area contributed by atoms with E-state index in [1.807, 2.05) is 0 Å². The molecule has 106 valence electrons. The minimum atomic E-state index is -0.201. The van der Waals surface area contributed by atoms with Crippen LogP contribution in [-0.4, -0.2) is 48.2 Å². The predicted octanol–water partition coefficient (Wildman–Crippen LogP) is 0.677. The second kappa shape index (κ2) is 8.06. The Morgan fingerprint density at radius 1 is 1.26 bits per heavy atom. The Morgan fingerprint density at radius 2 is 2.00 bits per heavy atom. The number of anilines is 2. The minimum Gasteiger partial charge on any atom is -0.467 e. The van der Waals surface area contributed by atoms with Crippen LogP contribution in [0.5, 0.6) is 6.01 Å². The number of hydrogen-bond acceptors (Lipinski definition) is 8. The van der Waals surface area contributed by atoms with Gasteiger partial charge in [0.15, 0.2) is 0 Å². The summed E-state index contributed by atoms with van der Waals surface area (Å²) in [5.74, 6) is 0.619. The van der Waals surface area contributed by atoms with Crippen LogP contribution < -0.4 is 15.4 Å². The van der Waals surface area contributed by atoms with E-state index in [4.69, 9.17) is 9.47 Å². The number of carbonyl (C=O) groups excluding carboxylic acids is 1. The Bertz CT molecular complexity index is 391. The minimum absolute atomic E-state index is 0.201. The fourth-order valence-corrected chi connectivity index (χ4v) is 1.30. The highest BCUT2D eigenvalue weighted by Crippen LogP contribution is 2.10. The van der Waals surface area contributed by atoms with E-state index < -0.39 is 0 Å². The van der Waals surface area contributed by atoms with Crippen LogP contribution in [0.25, 0.3) is 0 Å². The smallest absolute Gasteiger partial charge is 0.322 e. The van der Waals surface area contributed by atoms with Crippen molar-refractivity contribution < 1.29 is 14.3 Å². The van der Waals surface area contributed by atoms with E-state index in [2.05, 4.69) is 25.6 Å². The molecule has 0 aromatic carbocycles. The van der Waals surface area contributed by atoms with Gasteiger partial charge in [0.05, 0.1) is 13.7 Å². The van der Waals surface area contributed by atoms with E-state index in [-0.39, 0.29) is 12.0 Å². The number of nitrogens with zero attached hydrogens (tertiary/aromatic N) is 3. The third-order valence-corrected chi connectivity index (χ3v) is 2.17. The molecule has 2 N–H and O–H groups in total. The Kier molecular flexibility index (Phi) is 6.34. The average Bonchev–Trinajstić information content (AvgIpc) is 2.43. The van der Waals surface area contributed by atoms with Gasteiger partial charge in [-0.1, -0.05) is 0 Å². The lowest BCUT2D eigenvalue weighted by Crippen LogP contribution is -2.11. The summed E-state index contributed by atoms with van der Waals surface area (Å²) in [6.45, 7) is 2.75. The summed E-state index contributed by atoms with van der Waals surface area (Å²) in [7, 11) is 3.19. The summed E-state index contributed by atoms with van der Waals surface area (Å²) in [6.07, 6.45) is 1.00. The number of esters is 1. The first kappa shape index (κ1) is 14.9. The molecule has 0 aliphatic heterocycles. The maximum atomic E-state index is 11.1. The second-order valence-corrected chi connectivity index (χ2v) is 3.55. The lowest BCUT2D eigenvalue weighted by molar-refractivity contribution is -0.143. The molecule has 0 spiro atoms. The summed E-state index contributed by atoms with van der Waals surface area (Å²) in [6, 6.07) is 0.229. The number of rotatable bonds is 8. The van der Waals surface area contributed by atoms with Gasteiger partial charge in [-0.25, -0.2) is 0 Å². The molecule has 0 saturated carbocycles. The number of hydrogen-bond donors (Lipinski definition) is 2. The van der Waals surface area contributed by atoms with Crippen molar-refractivity contribution in [3.05, 3.63) is 0 Å². The van der Waals surface area contributed by atoms with E-state index in [0.717, 1.165) is 0 Å². The van der Waals surface area contributed by atoms with Crippen LogP contribution in [0.2, 0.25) is 0 Å². The first-order chi connectivity index (χ1) is 9.19. The standard InChI is InChI=1S/C11H19N5O3/c1-4-19-8(17)6-5-7-13-10-14-9(12-2)15-11(16-10)18-3/h4-7H2,1-3H3,(H2,12,13,14,15,16).